The monoisotopic (exact) mass is 330 g/mol. The molecular weight excluding hydrogens is 300 g/mol. The molecule has 0 aromatic heterocycles. The van der Waals surface area contributed by atoms with Crippen LogP contribution in [0.3, 0.4) is 0 Å². The Hall–Kier alpha value is -1.51. The van der Waals surface area contributed by atoms with Crippen LogP contribution in [0.25, 0.3) is 6.08 Å². The fourth-order valence-corrected chi connectivity index (χ4v) is 3.02. The van der Waals surface area contributed by atoms with Crippen LogP contribution in [0.1, 0.15) is 51.3 Å². The average molecular weight is 331 g/mol. The van der Waals surface area contributed by atoms with Gasteiger partial charge >= 0.3 is 0 Å². The van der Waals surface area contributed by atoms with Crippen LogP contribution in [-0.2, 0) is 0 Å². The Morgan fingerprint density at radius 2 is 1.70 bits per heavy atom. The number of fused-ring (bicyclic) bond motifs is 1. The van der Waals surface area contributed by atoms with E-state index in [1.54, 1.807) is 11.8 Å². The van der Waals surface area contributed by atoms with E-state index in [1.807, 2.05) is 64.1 Å². The second-order valence-electron chi connectivity index (χ2n) is 4.41. The Morgan fingerprint density at radius 1 is 1.09 bits per heavy atom. The molecule has 1 atom stereocenters. The predicted molar refractivity (Wildman–Crippen MR) is 108 cm³/mol. The molecule has 0 bridgehead atoms. The van der Waals surface area contributed by atoms with Crippen molar-refractivity contribution < 1.29 is 5.11 Å². The molecule has 0 fully saturated rings. The van der Waals surface area contributed by atoms with Crippen LogP contribution in [0.15, 0.2) is 65.6 Å². The molecule has 1 aliphatic carbocycles. The zero-order chi connectivity index (χ0) is 17.8. The number of allylic oxidation sites excluding steroid dienone is 3. The Balaban J connectivity index is 0.00000112. The van der Waals surface area contributed by atoms with Gasteiger partial charge < -0.3 is 5.11 Å². The summed E-state index contributed by atoms with van der Waals surface area (Å²) in [5, 5.41) is 10.4. The lowest BCUT2D eigenvalue weighted by Gasteiger charge is -2.21. The number of aliphatic hydroxyl groups is 1. The van der Waals surface area contributed by atoms with Crippen molar-refractivity contribution in [1.82, 2.24) is 0 Å². The van der Waals surface area contributed by atoms with Crippen molar-refractivity contribution in [3.8, 4) is 0 Å². The van der Waals surface area contributed by atoms with Gasteiger partial charge in [-0.15, -0.1) is 11.8 Å². The number of hydrogen-bond donors (Lipinski definition) is 1. The SMILES string of the molecule is C=C/C1=C(C=C)/C(SC)=C\c2ccccc2C(O)C1.CC.CC. The molecule has 1 aromatic rings. The number of aliphatic hydroxyl groups excluding tert-OH is 1. The summed E-state index contributed by atoms with van der Waals surface area (Å²) in [4.78, 5) is 1.16. The lowest BCUT2D eigenvalue weighted by Crippen LogP contribution is -2.05. The van der Waals surface area contributed by atoms with E-state index in [1.165, 1.54) is 0 Å². The number of benzene rings is 1. The fraction of sp³-hybridized carbons (Fsp3) is 0.333. The van der Waals surface area contributed by atoms with Crippen LogP contribution < -0.4 is 0 Å². The number of rotatable bonds is 3. The van der Waals surface area contributed by atoms with Crippen molar-refractivity contribution in [3.05, 3.63) is 76.8 Å². The summed E-state index contributed by atoms with van der Waals surface area (Å²) < 4.78 is 0. The van der Waals surface area contributed by atoms with Gasteiger partial charge in [-0.1, -0.05) is 77.3 Å². The summed E-state index contributed by atoms with van der Waals surface area (Å²) in [6.07, 6.45) is 7.90. The Bertz CT molecular complexity index is 567. The summed E-state index contributed by atoms with van der Waals surface area (Å²) in [7, 11) is 0. The molecule has 1 unspecified atom stereocenters. The van der Waals surface area contributed by atoms with Gasteiger partial charge in [0.1, 0.15) is 0 Å². The first-order chi connectivity index (χ1) is 11.2. The molecule has 23 heavy (non-hydrogen) atoms. The van der Waals surface area contributed by atoms with E-state index < -0.39 is 6.10 Å². The quantitative estimate of drug-likeness (QED) is 0.678. The van der Waals surface area contributed by atoms with Crippen molar-refractivity contribution in [2.45, 2.75) is 40.2 Å². The van der Waals surface area contributed by atoms with Crippen LogP contribution in [0.4, 0.5) is 0 Å². The zero-order valence-electron chi connectivity index (χ0n) is 15.1. The first kappa shape index (κ1) is 21.5. The minimum atomic E-state index is -0.501. The van der Waals surface area contributed by atoms with E-state index in [-0.39, 0.29) is 0 Å². The van der Waals surface area contributed by atoms with Crippen LogP contribution >= 0.6 is 11.8 Å². The third kappa shape index (κ3) is 5.56. The number of hydrogen-bond acceptors (Lipinski definition) is 2. The molecule has 0 radical (unpaired) electrons. The van der Waals surface area contributed by atoms with Gasteiger partial charge in [0.15, 0.2) is 0 Å². The zero-order valence-corrected chi connectivity index (χ0v) is 15.9. The molecule has 2 rings (SSSR count). The fourth-order valence-electron chi connectivity index (χ4n) is 2.35. The van der Waals surface area contributed by atoms with Gasteiger partial charge in [0.25, 0.3) is 0 Å². The third-order valence-electron chi connectivity index (χ3n) is 3.34. The van der Waals surface area contributed by atoms with Gasteiger partial charge in [0.05, 0.1) is 6.10 Å². The molecule has 1 aromatic carbocycles. The first-order valence-electron chi connectivity index (χ1n) is 8.22. The van der Waals surface area contributed by atoms with Crippen molar-refractivity contribution >= 4 is 17.8 Å². The highest BCUT2D eigenvalue weighted by atomic mass is 32.2. The lowest BCUT2D eigenvalue weighted by atomic mass is 9.91. The van der Waals surface area contributed by atoms with Crippen molar-refractivity contribution in [2.24, 2.45) is 0 Å². The van der Waals surface area contributed by atoms with Crippen molar-refractivity contribution in [1.29, 1.82) is 0 Å². The molecule has 1 N–H and O–H groups in total. The molecule has 0 saturated heterocycles. The summed E-state index contributed by atoms with van der Waals surface area (Å²) >= 11 is 1.69. The van der Waals surface area contributed by atoms with Crippen LogP contribution in [0.2, 0.25) is 0 Å². The van der Waals surface area contributed by atoms with Crippen LogP contribution in [0, 0.1) is 0 Å². The molecule has 0 amide bonds. The first-order valence-corrected chi connectivity index (χ1v) is 9.44. The van der Waals surface area contributed by atoms with E-state index in [4.69, 9.17) is 0 Å². The summed E-state index contributed by atoms with van der Waals surface area (Å²) in [6, 6.07) is 7.97. The highest BCUT2D eigenvalue weighted by Crippen LogP contribution is 2.36. The molecule has 0 spiro atoms. The van der Waals surface area contributed by atoms with Gasteiger partial charge in [-0.3, -0.25) is 0 Å². The van der Waals surface area contributed by atoms with Gasteiger partial charge in [0.2, 0.25) is 0 Å². The highest BCUT2D eigenvalue weighted by Gasteiger charge is 2.18. The number of thioether (sulfide) groups is 1. The maximum absolute atomic E-state index is 10.4. The Kier molecular flexibility index (Phi) is 11.2. The van der Waals surface area contributed by atoms with Gasteiger partial charge in [-0.2, -0.15) is 0 Å². The second kappa shape index (κ2) is 12.0. The minimum absolute atomic E-state index is 0.501. The molecule has 126 valence electrons. The van der Waals surface area contributed by atoms with Crippen LogP contribution in [0.5, 0.6) is 0 Å². The van der Waals surface area contributed by atoms with Crippen molar-refractivity contribution in [2.75, 3.05) is 6.26 Å². The molecule has 0 heterocycles. The Labute approximate surface area is 146 Å². The predicted octanol–water partition coefficient (Wildman–Crippen LogP) is 6.55. The highest BCUT2D eigenvalue weighted by molar-refractivity contribution is 8.02. The average Bonchev–Trinajstić information content (AvgIpc) is 2.62. The minimum Gasteiger partial charge on any atom is -0.388 e. The molecule has 1 aliphatic rings. The normalized spacial score (nSPS) is 21.7. The third-order valence-corrected chi connectivity index (χ3v) is 4.11. The molecule has 1 nitrogen and oxygen atoms in total. The summed E-state index contributed by atoms with van der Waals surface area (Å²) in [6.45, 7) is 15.8. The largest absolute Gasteiger partial charge is 0.388 e. The smallest absolute Gasteiger partial charge is 0.0836 e. The molecule has 0 aliphatic heterocycles. The Morgan fingerprint density at radius 3 is 2.22 bits per heavy atom. The van der Waals surface area contributed by atoms with Crippen molar-refractivity contribution in [3.63, 3.8) is 0 Å². The van der Waals surface area contributed by atoms with Gasteiger partial charge in [-0.05, 0) is 34.6 Å². The molecular formula is C21H30OS. The second-order valence-corrected chi connectivity index (χ2v) is 5.26. The lowest BCUT2D eigenvalue weighted by molar-refractivity contribution is 0.179. The van der Waals surface area contributed by atoms with E-state index >= 15 is 0 Å². The van der Waals surface area contributed by atoms with Gasteiger partial charge in [-0.25, -0.2) is 0 Å². The molecule has 2 heteroatoms. The van der Waals surface area contributed by atoms with E-state index in [2.05, 4.69) is 25.5 Å². The topological polar surface area (TPSA) is 20.2 Å². The molecule has 0 saturated carbocycles. The summed E-state index contributed by atoms with van der Waals surface area (Å²) in [5.74, 6) is 0. The van der Waals surface area contributed by atoms with E-state index in [0.29, 0.717) is 6.42 Å². The van der Waals surface area contributed by atoms with E-state index in [0.717, 1.165) is 27.2 Å². The van der Waals surface area contributed by atoms with Crippen LogP contribution in [-0.4, -0.2) is 11.4 Å². The maximum Gasteiger partial charge on any atom is 0.0836 e. The van der Waals surface area contributed by atoms with E-state index in [9.17, 15) is 5.11 Å². The summed E-state index contributed by atoms with van der Waals surface area (Å²) in [5.41, 5.74) is 4.15. The maximum atomic E-state index is 10.4. The van der Waals surface area contributed by atoms with Gasteiger partial charge in [0, 0.05) is 11.3 Å². The standard InChI is InChI=1S/C17H18OS.2C2H6/c1-4-12-10-16(18)15-9-7-6-8-13(15)11-17(19-3)14(12)5-2;2*1-2/h4-9,11,16,18H,1-2,10H2,3H3;2*1-2H3/b14-12-,17-11+;;.